The van der Waals surface area contributed by atoms with E-state index in [1.54, 1.807) is 0 Å². The SMILES string of the molecule is Brc1ccccc1N1c2ccccc2N(c2ccc3oc4ccc(N5c6ccccc6N(c6ccccc6Br)c6ccccc65)cc4c3c2)c2ccccc21. The van der Waals surface area contributed by atoms with E-state index in [1.807, 2.05) is 0 Å². The van der Waals surface area contributed by atoms with Crippen molar-refractivity contribution in [1.82, 2.24) is 0 Å². The summed E-state index contributed by atoms with van der Waals surface area (Å²) >= 11 is 7.67. The molecule has 5 nitrogen and oxygen atoms in total. The summed E-state index contributed by atoms with van der Waals surface area (Å²) in [5.74, 6) is 0. The van der Waals surface area contributed by atoms with Crippen molar-refractivity contribution in [2.24, 2.45) is 0 Å². The molecule has 0 bridgehead atoms. The monoisotopic (exact) mass is 836 g/mol. The Hall–Kier alpha value is -6.28. The summed E-state index contributed by atoms with van der Waals surface area (Å²) in [7, 11) is 0. The normalized spacial score (nSPS) is 13.1. The summed E-state index contributed by atoms with van der Waals surface area (Å²) in [4.78, 5) is 9.42. The fourth-order valence-electron chi connectivity index (χ4n) is 8.26. The molecule has 1 aromatic heterocycles. The van der Waals surface area contributed by atoms with Crippen LogP contribution in [-0.2, 0) is 0 Å². The molecule has 0 atom stereocenters. The first-order valence-electron chi connectivity index (χ1n) is 18.2. The van der Waals surface area contributed by atoms with Gasteiger partial charge in [-0.2, -0.15) is 0 Å². The lowest BCUT2D eigenvalue weighted by Gasteiger charge is -2.40. The molecule has 0 N–H and O–H groups in total. The number of benzene rings is 8. The third-order valence-corrected chi connectivity index (χ3v) is 11.9. The molecule has 9 aromatic rings. The van der Waals surface area contributed by atoms with Crippen LogP contribution in [0.3, 0.4) is 0 Å². The van der Waals surface area contributed by atoms with E-state index in [0.29, 0.717) is 0 Å². The molecule has 2 aliphatic rings. The third kappa shape index (κ3) is 4.97. The van der Waals surface area contributed by atoms with Crippen LogP contribution in [0.1, 0.15) is 0 Å². The molecule has 11 rings (SSSR count). The summed E-state index contributed by atoms with van der Waals surface area (Å²) < 4.78 is 8.60. The number of halogens is 2. The van der Waals surface area contributed by atoms with E-state index in [9.17, 15) is 0 Å². The van der Waals surface area contributed by atoms with Gasteiger partial charge in [0.1, 0.15) is 11.2 Å². The quantitative estimate of drug-likeness (QED) is 0.176. The van der Waals surface area contributed by atoms with Gasteiger partial charge < -0.3 is 24.0 Å². The predicted octanol–water partition coefficient (Wildman–Crippen LogP) is 15.6. The standard InChI is InChI=1S/C48H30Br2N4O/c49-35-13-1-3-15-37(35)53-43-21-9-5-17-39(43)51(40-18-6-10-22-44(40)53)31-25-27-47-33(29-31)34-30-32(26-28-48(34)55-47)52-41-19-7-11-23-45(41)54(38-16-4-2-14-36(38)50)46-24-12-8-20-42(46)52/h1-30H. The van der Waals surface area contributed by atoms with Crippen LogP contribution in [0, 0.1) is 0 Å². The first kappa shape index (κ1) is 32.2. The van der Waals surface area contributed by atoms with E-state index in [0.717, 1.165) is 99.1 Å². The number of furan rings is 1. The molecule has 0 aliphatic carbocycles. The Kier molecular flexibility index (Phi) is 7.40. The van der Waals surface area contributed by atoms with Gasteiger partial charge in [0.15, 0.2) is 0 Å². The molecule has 0 saturated carbocycles. The molecule has 0 saturated heterocycles. The van der Waals surface area contributed by atoms with Crippen LogP contribution in [0.15, 0.2) is 195 Å². The number of rotatable bonds is 4. The second kappa shape index (κ2) is 12.7. The lowest BCUT2D eigenvalue weighted by atomic mass is 10.0. The highest BCUT2D eigenvalue weighted by molar-refractivity contribution is 9.11. The van der Waals surface area contributed by atoms with Crippen LogP contribution in [0.4, 0.5) is 68.2 Å². The maximum Gasteiger partial charge on any atom is 0.135 e. The van der Waals surface area contributed by atoms with Crippen LogP contribution in [0.25, 0.3) is 21.9 Å². The second-order valence-corrected chi connectivity index (χ2v) is 15.4. The van der Waals surface area contributed by atoms with Gasteiger partial charge in [-0.3, -0.25) is 0 Å². The van der Waals surface area contributed by atoms with Crippen LogP contribution >= 0.6 is 31.9 Å². The molecular weight excluding hydrogens is 808 g/mol. The molecule has 3 heterocycles. The Morgan fingerprint density at radius 3 is 0.873 bits per heavy atom. The lowest BCUT2D eigenvalue weighted by molar-refractivity contribution is 0.669. The van der Waals surface area contributed by atoms with Crippen molar-refractivity contribution in [3.8, 4) is 0 Å². The highest BCUT2D eigenvalue weighted by Crippen LogP contribution is 2.57. The van der Waals surface area contributed by atoms with Crippen molar-refractivity contribution in [2.45, 2.75) is 0 Å². The molecule has 262 valence electrons. The number of fused-ring (bicyclic) bond motifs is 7. The largest absolute Gasteiger partial charge is 0.456 e. The van der Waals surface area contributed by atoms with Gasteiger partial charge in [-0.15, -0.1) is 0 Å². The van der Waals surface area contributed by atoms with Gasteiger partial charge in [-0.05, 0) is 141 Å². The molecule has 55 heavy (non-hydrogen) atoms. The average Bonchev–Trinajstić information content (AvgIpc) is 3.60. The number of hydrogen-bond acceptors (Lipinski definition) is 5. The Morgan fingerprint density at radius 1 is 0.291 bits per heavy atom. The van der Waals surface area contributed by atoms with Gasteiger partial charge in [-0.1, -0.05) is 72.8 Å². The maximum atomic E-state index is 6.53. The van der Waals surface area contributed by atoms with Crippen molar-refractivity contribution in [2.75, 3.05) is 19.6 Å². The topological polar surface area (TPSA) is 26.1 Å². The van der Waals surface area contributed by atoms with Gasteiger partial charge in [0.2, 0.25) is 0 Å². The average molecular weight is 839 g/mol. The number of hydrogen-bond donors (Lipinski definition) is 0. The second-order valence-electron chi connectivity index (χ2n) is 13.7. The van der Waals surface area contributed by atoms with Crippen molar-refractivity contribution in [3.05, 3.63) is 191 Å². The van der Waals surface area contributed by atoms with Crippen molar-refractivity contribution in [3.63, 3.8) is 0 Å². The van der Waals surface area contributed by atoms with Crippen molar-refractivity contribution < 1.29 is 4.42 Å². The van der Waals surface area contributed by atoms with E-state index >= 15 is 0 Å². The van der Waals surface area contributed by atoms with E-state index in [4.69, 9.17) is 4.42 Å². The van der Waals surface area contributed by atoms with E-state index in [2.05, 4.69) is 233 Å². The molecule has 8 aromatic carbocycles. The first-order chi connectivity index (χ1) is 27.1. The molecular formula is C48H30Br2N4O. The number of anilines is 12. The van der Waals surface area contributed by atoms with Gasteiger partial charge in [-0.25, -0.2) is 0 Å². The molecule has 0 fully saturated rings. The zero-order valence-corrected chi connectivity index (χ0v) is 32.4. The molecule has 0 spiro atoms. The highest BCUT2D eigenvalue weighted by atomic mass is 79.9. The fourth-order valence-corrected chi connectivity index (χ4v) is 9.19. The first-order valence-corrected chi connectivity index (χ1v) is 19.7. The van der Waals surface area contributed by atoms with Gasteiger partial charge >= 0.3 is 0 Å². The fraction of sp³-hybridized carbons (Fsp3) is 0. The molecule has 7 heteroatoms. The summed E-state index contributed by atoms with van der Waals surface area (Å²) in [6, 6.07) is 64.4. The number of para-hydroxylation sites is 10. The number of nitrogens with zero attached hydrogens (tertiary/aromatic N) is 4. The Bertz CT molecular complexity index is 2680. The Balaban J connectivity index is 1.07. The Morgan fingerprint density at radius 2 is 0.564 bits per heavy atom. The predicted molar refractivity (Wildman–Crippen MR) is 235 cm³/mol. The summed E-state index contributed by atoms with van der Waals surface area (Å²) in [5.41, 5.74) is 14.8. The Labute approximate surface area is 335 Å². The highest BCUT2D eigenvalue weighted by Gasteiger charge is 2.33. The minimum absolute atomic E-state index is 0.851. The van der Waals surface area contributed by atoms with E-state index < -0.39 is 0 Å². The zero-order chi connectivity index (χ0) is 36.6. The lowest BCUT2D eigenvalue weighted by Crippen LogP contribution is -2.24. The molecule has 0 radical (unpaired) electrons. The minimum Gasteiger partial charge on any atom is -0.456 e. The van der Waals surface area contributed by atoms with E-state index in [1.165, 1.54) is 0 Å². The van der Waals surface area contributed by atoms with Crippen LogP contribution in [-0.4, -0.2) is 0 Å². The van der Waals surface area contributed by atoms with Crippen LogP contribution < -0.4 is 19.6 Å². The third-order valence-electron chi connectivity index (χ3n) is 10.6. The van der Waals surface area contributed by atoms with Gasteiger partial charge in [0.05, 0.1) is 56.9 Å². The van der Waals surface area contributed by atoms with E-state index in [-0.39, 0.29) is 0 Å². The van der Waals surface area contributed by atoms with Crippen molar-refractivity contribution >= 4 is 122 Å². The van der Waals surface area contributed by atoms with Crippen molar-refractivity contribution in [1.29, 1.82) is 0 Å². The molecule has 0 unspecified atom stereocenters. The molecule has 2 aliphatic heterocycles. The summed E-state index contributed by atoms with van der Waals surface area (Å²) in [5, 5.41) is 2.12. The molecule has 0 amide bonds. The van der Waals surface area contributed by atoms with Crippen LogP contribution in [0.5, 0.6) is 0 Å². The van der Waals surface area contributed by atoms with Crippen LogP contribution in [0.2, 0.25) is 0 Å². The van der Waals surface area contributed by atoms with Gasteiger partial charge in [0, 0.05) is 31.1 Å². The maximum absolute atomic E-state index is 6.53. The zero-order valence-electron chi connectivity index (χ0n) is 29.3. The minimum atomic E-state index is 0.851. The summed E-state index contributed by atoms with van der Waals surface area (Å²) in [6.45, 7) is 0. The smallest absolute Gasteiger partial charge is 0.135 e. The van der Waals surface area contributed by atoms with Gasteiger partial charge in [0.25, 0.3) is 0 Å². The summed E-state index contributed by atoms with van der Waals surface area (Å²) in [6.07, 6.45) is 0.